The summed E-state index contributed by atoms with van der Waals surface area (Å²) in [6, 6.07) is 0.836. The molecule has 2 fully saturated rings. The van der Waals surface area contributed by atoms with Gasteiger partial charge in [-0.25, -0.2) is 0 Å². The van der Waals surface area contributed by atoms with Crippen LogP contribution in [0.15, 0.2) is 0 Å². The van der Waals surface area contributed by atoms with Gasteiger partial charge in [0.2, 0.25) is 5.91 Å². The van der Waals surface area contributed by atoms with Gasteiger partial charge in [0.05, 0.1) is 13.2 Å². The summed E-state index contributed by atoms with van der Waals surface area (Å²) in [6.07, 6.45) is 1.90. The minimum atomic E-state index is 0.159. The molecule has 0 saturated carbocycles. The average Bonchev–Trinajstić information content (AvgIpc) is 2.39. The highest BCUT2D eigenvalue weighted by Crippen LogP contribution is 2.27. The van der Waals surface area contributed by atoms with Gasteiger partial charge in [0.25, 0.3) is 0 Å². The maximum Gasteiger partial charge on any atom is 0.222 e. The van der Waals surface area contributed by atoms with Gasteiger partial charge in [-0.05, 0) is 33.5 Å². The van der Waals surface area contributed by atoms with Crippen molar-refractivity contribution in [3.63, 3.8) is 0 Å². The zero-order chi connectivity index (χ0) is 13.1. The molecule has 0 spiro atoms. The Kier molecular flexibility index (Phi) is 4.59. The lowest BCUT2D eigenvalue weighted by Gasteiger charge is -2.45. The smallest absolute Gasteiger partial charge is 0.222 e. The maximum absolute atomic E-state index is 11.8. The average molecular weight is 255 g/mol. The molecule has 104 valence electrons. The number of amides is 1. The second-order valence-electron chi connectivity index (χ2n) is 5.51. The number of likely N-dealkylation sites (tertiary alicyclic amines) is 1. The summed E-state index contributed by atoms with van der Waals surface area (Å²) in [7, 11) is 6.04. The van der Waals surface area contributed by atoms with Gasteiger partial charge < -0.3 is 15.0 Å². The van der Waals surface area contributed by atoms with Crippen molar-refractivity contribution in [2.45, 2.75) is 24.9 Å². The van der Waals surface area contributed by atoms with Crippen molar-refractivity contribution in [3.8, 4) is 0 Å². The number of morpholine rings is 1. The highest BCUT2D eigenvalue weighted by atomic mass is 16.5. The zero-order valence-corrected chi connectivity index (χ0v) is 11.7. The molecule has 5 nitrogen and oxygen atoms in total. The van der Waals surface area contributed by atoms with E-state index in [1.165, 1.54) is 0 Å². The van der Waals surface area contributed by atoms with E-state index in [-0.39, 0.29) is 11.8 Å². The van der Waals surface area contributed by atoms with Gasteiger partial charge in [-0.15, -0.1) is 0 Å². The molecule has 1 amide bonds. The number of piperidine rings is 1. The SMILES string of the molecule is CNC(=O)C1CCN(C)C(C2COCCN2C)C1. The summed E-state index contributed by atoms with van der Waals surface area (Å²) in [4.78, 5) is 16.6. The lowest BCUT2D eigenvalue weighted by Crippen LogP contribution is -2.58. The van der Waals surface area contributed by atoms with Crippen LogP contribution in [0.5, 0.6) is 0 Å². The topological polar surface area (TPSA) is 44.8 Å². The summed E-state index contributed by atoms with van der Waals surface area (Å²) in [6.45, 7) is 3.58. The molecule has 0 aromatic carbocycles. The predicted octanol–water partition coefficient (Wildman–Crippen LogP) is -0.227. The van der Waals surface area contributed by atoms with Crippen LogP contribution in [0.3, 0.4) is 0 Å². The van der Waals surface area contributed by atoms with Gasteiger partial charge in [-0.2, -0.15) is 0 Å². The van der Waals surface area contributed by atoms with E-state index in [0.717, 1.165) is 39.1 Å². The van der Waals surface area contributed by atoms with E-state index in [1.807, 2.05) is 0 Å². The van der Waals surface area contributed by atoms with Crippen molar-refractivity contribution in [1.29, 1.82) is 0 Å². The van der Waals surface area contributed by atoms with Crippen LogP contribution in [0.4, 0.5) is 0 Å². The fourth-order valence-electron chi connectivity index (χ4n) is 3.12. The van der Waals surface area contributed by atoms with E-state index in [0.29, 0.717) is 12.1 Å². The highest BCUT2D eigenvalue weighted by molar-refractivity contribution is 5.78. The van der Waals surface area contributed by atoms with Crippen LogP contribution in [0.1, 0.15) is 12.8 Å². The van der Waals surface area contributed by atoms with Crippen LogP contribution in [0.2, 0.25) is 0 Å². The van der Waals surface area contributed by atoms with Crippen molar-refractivity contribution < 1.29 is 9.53 Å². The van der Waals surface area contributed by atoms with Gasteiger partial charge >= 0.3 is 0 Å². The molecule has 5 heteroatoms. The first-order valence-electron chi connectivity index (χ1n) is 6.83. The monoisotopic (exact) mass is 255 g/mol. The molecular weight excluding hydrogens is 230 g/mol. The number of likely N-dealkylation sites (N-methyl/N-ethyl adjacent to an activating group) is 2. The molecule has 3 atom stereocenters. The highest BCUT2D eigenvalue weighted by Gasteiger charge is 2.37. The Bertz CT molecular complexity index is 298. The molecule has 0 bridgehead atoms. The third kappa shape index (κ3) is 2.84. The number of ether oxygens (including phenoxy) is 1. The minimum Gasteiger partial charge on any atom is -0.378 e. The van der Waals surface area contributed by atoms with Crippen molar-refractivity contribution in [2.24, 2.45) is 5.92 Å². The Labute approximate surface area is 109 Å². The lowest BCUT2D eigenvalue weighted by atomic mass is 9.86. The number of nitrogens with zero attached hydrogens (tertiary/aromatic N) is 2. The van der Waals surface area contributed by atoms with E-state index in [9.17, 15) is 4.79 Å². The Balaban J connectivity index is 2.02. The first kappa shape index (κ1) is 13.8. The molecule has 0 aromatic rings. The number of hydrogen-bond donors (Lipinski definition) is 1. The Morgan fingerprint density at radius 1 is 1.22 bits per heavy atom. The molecule has 1 N–H and O–H groups in total. The Morgan fingerprint density at radius 2 is 1.94 bits per heavy atom. The number of carbonyl (C=O) groups excluding carboxylic acids is 1. The molecule has 0 aromatic heterocycles. The van der Waals surface area contributed by atoms with Crippen LogP contribution in [0.25, 0.3) is 0 Å². The third-order valence-electron chi connectivity index (χ3n) is 4.43. The van der Waals surface area contributed by atoms with Gasteiger partial charge in [0.1, 0.15) is 0 Å². The minimum absolute atomic E-state index is 0.159. The molecule has 3 unspecified atom stereocenters. The number of carbonyl (C=O) groups is 1. The molecule has 2 aliphatic rings. The molecular formula is C13H25N3O2. The first-order chi connectivity index (χ1) is 8.63. The quantitative estimate of drug-likeness (QED) is 0.740. The summed E-state index contributed by atoms with van der Waals surface area (Å²) < 4.78 is 5.61. The molecule has 0 radical (unpaired) electrons. The van der Waals surface area contributed by atoms with Crippen molar-refractivity contribution in [1.82, 2.24) is 15.1 Å². The Hall–Kier alpha value is -0.650. The van der Waals surface area contributed by atoms with Crippen molar-refractivity contribution in [2.75, 3.05) is 47.4 Å². The van der Waals surface area contributed by atoms with Gasteiger partial charge in [-0.1, -0.05) is 0 Å². The van der Waals surface area contributed by atoms with Crippen LogP contribution in [-0.2, 0) is 9.53 Å². The standard InChI is InChI=1S/C13H25N3O2/c1-14-13(17)10-4-5-15(2)11(8-10)12-9-18-7-6-16(12)3/h10-12H,4-9H2,1-3H3,(H,14,17). The van der Waals surface area contributed by atoms with Crippen LogP contribution >= 0.6 is 0 Å². The van der Waals surface area contributed by atoms with E-state index in [2.05, 4.69) is 29.2 Å². The van der Waals surface area contributed by atoms with Crippen molar-refractivity contribution in [3.05, 3.63) is 0 Å². The zero-order valence-electron chi connectivity index (χ0n) is 11.7. The maximum atomic E-state index is 11.8. The lowest BCUT2D eigenvalue weighted by molar-refractivity contribution is -0.127. The molecule has 2 heterocycles. The number of hydrogen-bond acceptors (Lipinski definition) is 4. The van der Waals surface area contributed by atoms with E-state index in [4.69, 9.17) is 4.74 Å². The summed E-state index contributed by atoms with van der Waals surface area (Å²) in [5.41, 5.74) is 0. The number of nitrogens with one attached hydrogen (secondary N) is 1. The van der Waals surface area contributed by atoms with E-state index < -0.39 is 0 Å². The molecule has 2 aliphatic heterocycles. The van der Waals surface area contributed by atoms with Crippen molar-refractivity contribution >= 4 is 5.91 Å². The molecule has 2 saturated heterocycles. The first-order valence-corrected chi connectivity index (χ1v) is 6.83. The van der Waals surface area contributed by atoms with Crippen LogP contribution in [0, 0.1) is 5.92 Å². The molecule has 2 rings (SSSR count). The van der Waals surface area contributed by atoms with E-state index in [1.54, 1.807) is 7.05 Å². The second kappa shape index (κ2) is 5.99. The fourth-order valence-corrected chi connectivity index (χ4v) is 3.12. The predicted molar refractivity (Wildman–Crippen MR) is 70.4 cm³/mol. The van der Waals surface area contributed by atoms with Gasteiger partial charge in [0.15, 0.2) is 0 Å². The normalized spacial score (nSPS) is 35.4. The van der Waals surface area contributed by atoms with Gasteiger partial charge in [-0.3, -0.25) is 9.69 Å². The van der Waals surface area contributed by atoms with Crippen LogP contribution in [-0.4, -0.2) is 75.2 Å². The largest absolute Gasteiger partial charge is 0.378 e. The summed E-state index contributed by atoms with van der Waals surface area (Å²) in [5.74, 6) is 0.346. The summed E-state index contributed by atoms with van der Waals surface area (Å²) in [5, 5.41) is 2.78. The Morgan fingerprint density at radius 3 is 2.61 bits per heavy atom. The van der Waals surface area contributed by atoms with E-state index >= 15 is 0 Å². The fraction of sp³-hybridized carbons (Fsp3) is 0.923. The molecule has 18 heavy (non-hydrogen) atoms. The number of rotatable bonds is 2. The third-order valence-corrected chi connectivity index (χ3v) is 4.43. The van der Waals surface area contributed by atoms with Gasteiger partial charge in [0, 0.05) is 31.6 Å². The molecule has 0 aliphatic carbocycles. The van der Waals surface area contributed by atoms with Crippen LogP contribution < -0.4 is 5.32 Å². The second-order valence-corrected chi connectivity index (χ2v) is 5.51. The summed E-state index contributed by atoms with van der Waals surface area (Å²) >= 11 is 0.